The summed E-state index contributed by atoms with van der Waals surface area (Å²) in [6.07, 6.45) is 0.393. The lowest BCUT2D eigenvalue weighted by atomic mass is 10.2. The van der Waals surface area contributed by atoms with Gasteiger partial charge in [0.25, 0.3) is 0 Å². The number of hydrogen-bond donors (Lipinski definition) is 0. The van der Waals surface area contributed by atoms with Crippen molar-refractivity contribution in [3.05, 3.63) is 35.9 Å². The second kappa shape index (κ2) is 8.82. The molecule has 1 aromatic rings. The molecule has 0 aromatic heterocycles. The van der Waals surface area contributed by atoms with E-state index in [9.17, 15) is 4.57 Å². The predicted octanol–water partition coefficient (Wildman–Crippen LogP) is 3.53. The first-order valence-electron chi connectivity index (χ1n) is 4.52. The third-order valence-corrected chi connectivity index (χ3v) is 2.25. The van der Waals surface area contributed by atoms with Gasteiger partial charge in [-0.2, -0.15) is 4.89 Å². The van der Waals surface area contributed by atoms with Gasteiger partial charge in [-0.05, 0) is 4.57 Å². The fourth-order valence-corrected chi connectivity index (χ4v) is 1.57. The largest absolute Gasteiger partial charge is 0.544 e. The van der Waals surface area contributed by atoms with Gasteiger partial charge in [-0.25, -0.2) is 0 Å². The average molecular weight is 215 g/mol. The van der Waals surface area contributed by atoms with Crippen LogP contribution in [-0.2, 0) is 20.3 Å². The molecule has 1 atom stereocenters. The molecule has 0 radical (unpaired) electrons. The molecule has 1 unspecified atom stereocenters. The highest BCUT2D eigenvalue weighted by Crippen LogP contribution is 2.27. The maximum absolute atomic E-state index is 11.0. The minimum atomic E-state index is -1.73. The Bertz CT molecular complexity index is 249. The van der Waals surface area contributed by atoms with Gasteiger partial charge >= 0.3 is 8.03 Å². The fraction of sp³-hybridized carbons (Fsp3) is 0.400. The Morgan fingerprint density at radius 3 is 2.29 bits per heavy atom. The molecule has 14 heavy (non-hydrogen) atoms. The topological polar surface area (TPSA) is 35.5 Å². The predicted molar refractivity (Wildman–Crippen MR) is 57.2 cm³/mol. The third-order valence-electron chi connectivity index (χ3n) is 1.31. The van der Waals surface area contributed by atoms with Gasteiger partial charge in [-0.15, -0.1) is 0 Å². The Hall–Kier alpha value is -0.760. The zero-order valence-electron chi connectivity index (χ0n) is 8.77. The lowest BCUT2D eigenvalue weighted by molar-refractivity contribution is -0.172. The van der Waals surface area contributed by atoms with Gasteiger partial charge in [-0.1, -0.05) is 44.2 Å². The summed E-state index contributed by atoms with van der Waals surface area (Å²) in [4.78, 5) is 4.29. The Labute approximate surface area is 85.8 Å². The molecule has 0 saturated heterocycles. The minimum Gasteiger partial charge on any atom is -0.193 e. The molecule has 3 nitrogen and oxygen atoms in total. The SMILES string of the molecule is CC.COO[P+](=O)Cc1ccccc1. The first-order chi connectivity index (χ1) is 6.83. The molecule has 0 heterocycles. The number of rotatable bonds is 4. The zero-order chi connectivity index (χ0) is 10.8. The van der Waals surface area contributed by atoms with Crippen LogP contribution in [0, 0.1) is 0 Å². The van der Waals surface area contributed by atoms with E-state index in [1.165, 1.54) is 7.11 Å². The van der Waals surface area contributed by atoms with Crippen molar-refractivity contribution in [3.8, 4) is 0 Å². The van der Waals surface area contributed by atoms with Crippen LogP contribution in [0.5, 0.6) is 0 Å². The number of hydrogen-bond acceptors (Lipinski definition) is 3. The van der Waals surface area contributed by atoms with E-state index in [2.05, 4.69) is 9.56 Å². The normalized spacial score (nSPS) is 10.1. The molecule has 0 N–H and O–H groups in total. The van der Waals surface area contributed by atoms with E-state index in [1.807, 2.05) is 44.2 Å². The summed E-state index contributed by atoms with van der Waals surface area (Å²) >= 11 is 0. The standard InChI is InChI=1S/C8H10O3P.C2H6/c1-10-11-12(9)7-8-5-3-2-4-6-8;1-2/h2-6H,7H2,1H3;1-2H3/q+1;. The van der Waals surface area contributed by atoms with Crippen LogP contribution in [0.15, 0.2) is 30.3 Å². The Balaban J connectivity index is 0.000000791. The number of benzene rings is 1. The monoisotopic (exact) mass is 215 g/mol. The molecule has 0 spiro atoms. The summed E-state index contributed by atoms with van der Waals surface area (Å²) in [6, 6.07) is 9.49. The molecule has 1 aromatic carbocycles. The molecule has 0 fully saturated rings. The Morgan fingerprint density at radius 1 is 1.21 bits per heavy atom. The van der Waals surface area contributed by atoms with Crippen LogP contribution in [0.1, 0.15) is 19.4 Å². The maximum atomic E-state index is 11.0. The lowest BCUT2D eigenvalue weighted by Crippen LogP contribution is -1.82. The fourth-order valence-electron chi connectivity index (χ4n) is 0.842. The van der Waals surface area contributed by atoms with Crippen LogP contribution >= 0.6 is 8.03 Å². The molecule has 0 saturated carbocycles. The van der Waals surface area contributed by atoms with Crippen molar-refractivity contribution >= 4 is 8.03 Å². The van der Waals surface area contributed by atoms with Gasteiger partial charge < -0.3 is 0 Å². The van der Waals surface area contributed by atoms with E-state index in [0.717, 1.165) is 5.56 Å². The van der Waals surface area contributed by atoms with Crippen molar-refractivity contribution in [2.45, 2.75) is 20.0 Å². The van der Waals surface area contributed by atoms with Gasteiger partial charge in [-0.3, -0.25) is 0 Å². The van der Waals surface area contributed by atoms with Crippen molar-refractivity contribution in [2.24, 2.45) is 0 Å². The van der Waals surface area contributed by atoms with Crippen LogP contribution in [0.3, 0.4) is 0 Å². The summed E-state index contributed by atoms with van der Waals surface area (Å²) in [7, 11) is -0.384. The summed E-state index contributed by atoms with van der Waals surface area (Å²) in [5, 5.41) is 0. The highest BCUT2D eigenvalue weighted by molar-refractivity contribution is 7.38. The van der Waals surface area contributed by atoms with Crippen LogP contribution in [-0.4, -0.2) is 7.11 Å². The summed E-state index contributed by atoms with van der Waals surface area (Å²) < 4.78 is 15.5. The molecule has 4 heteroatoms. The van der Waals surface area contributed by atoms with E-state index in [4.69, 9.17) is 0 Å². The van der Waals surface area contributed by atoms with E-state index < -0.39 is 8.03 Å². The first kappa shape index (κ1) is 13.2. The molecule has 0 aliphatic heterocycles. The van der Waals surface area contributed by atoms with Gasteiger partial charge in [0.15, 0.2) is 0 Å². The quantitative estimate of drug-likeness (QED) is 0.438. The third kappa shape index (κ3) is 5.81. The molecular formula is C10H16O3P+. The Kier molecular flexibility index (Phi) is 8.34. The summed E-state index contributed by atoms with van der Waals surface area (Å²) in [6.45, 7) is 4.00. The molecule has 0 aliphatic rings. The van der Waals surface area contributed by atoms with Gasteiger partial charge in [0.05, 0.1) is 7.11 Å². The van der Waals surface area contributed by atoms with Crippen LogP contribution in [0.25, 0.3) is 0 Å². The highest BCUT2D eigenvalue weighted by atomic mass is 31.1. The van der Waals surface area contributed by atoms with Gasteiger partial charge in [0, 0.05) is 10.2 Å². The van der Waals surface area contributed by atoms with Crippen molar-refractivity contribution in [1.82, 2.24) is 0 Å². The zero-order valence-corrected chi connectivity index (χ0v) is 9.66. The van der Waals surface area contributed by atoms with Gasteiger partial charge in [0.1, 0.15) is 0 Å². The van der Waals surface area contributed by atoms with Crippen LogP contribution < -0.4 is 0 Å². The van der Waals surface area contributed by atoms with E-state index >= 15 is 0 Å². The molecule has 78 valence electrons. The molecule has 0 bridgehead atoms. The summed E-state index contributed by atoms with van der Waals surface area (Å²) in [5.74, 6) is 0. The van der Waals surface area contributed by atoms with Crippen molar-refractivity contribution in [1.29, 1.82) is 0 Å². The maximum Gasteiger partial charge on any atom is 0.544 e. The molecule has 0 amide bonds. The Morgan fingerprint density at radius 2 is 1.79 bits per heavy atom. The van der Waals surface area contributed by atoms with E-state index in [1.54, 1.807) is 0 Å². The minimum absolute atomic E-state index is 0.393. The second-order valence-electron chi connectivity index (χ2n) is 2.22. The van der Waals surface area contributed by atoms with Crippen molar-refractivity contribution < 1.29 is 14.1 Å². The van der Waals surface area contributed by atoms with Crippen molar-refractivity contribution in [2.75, 3.05) is 7.11 Å². The molecular weight excluding hydrogens is 199 g/mol. The van der Waals surface area contributed by atoms with Gasteiger partial charge in [0.2, 0.25) is 6.16 Å². The summed E-state index contributed by atoms with van der Waals surface area (Å²) in [5.41, 5.74) is 0.982. The van der Waals surface area contributed by atoms with Crippen LogP contribution in [0.4, 0.5) is 0 Å². The van der Waals surface area contributed by atoms with E-state index in [-0.39, 0.29) is 0 Å². The van der Waals surface area contributed by atoms with E-state index in [0.29, 0.717) is 6.16 Å². The second-order valence-corrected chi connectivity index (χ2v) is 3.35. The molecule has 0 aliphatic carbocycles. The average Bonchev–Trinajstić information content (AvgIpc) is 2.22. The van der Waals surface area contributed by atoms with Crippen molar-refractivity contribution in [3.63, 3.8) is 0 Å². The first-order valence-corrected chi connectivity index (χ1v) is 5.88. The molecule has 1 rings (SSSR count). The lowest BCUT2D eigenvalue weighted by Gasteiger charge is -1.88. The smallest absolute Gasteiger partial charge is 0.193 e. The van der Waals surface area contributed by atoms with Crippen LogP contribution in [0.2, 0.25) is 0 Å². The highest BCUT2D eigenvalue weighted by Gasteiger charge is 2.18.